The summed E-state index contributed by atoms with van der Waals surface area (Å²) in [4.78, 5) is 4.32. The van der Waals surface area contributed by atoms with Crippen LogP contribution in [0.2, 0.25) is 5.02 Å². The van der Waals surface area contributed by atoms with Gasteiger partial charge in [0.1, 0.15) is 19.0 Å². The maximum Gasteiger partial charge on any atom is 0.249 e. The Morgan fingerprint density at radius 3 is 2.58 bits per heavy atom. The maximum atomic E-state index is 13.2. The van der Waals surface area contributed by atoms with Gasteiger partial charge in [0, 0.05) is 17.4 Å². The Labute approximate surface area is 153 Å². The summed E-state index contributed by atoms with van der Waals surface area (Å²) in [6.45, 7) is 1.05. The molecule has 1 aliphatic heterocycles. The Balaban J connectivity index is 1.51. The standard InChI is InChI=1S/C17H13ClFN5O2/c18-12-7-10(1-3-13(12)19)22-17-23-16(9-20-24-17)21-11-2-4-14-15(8-11)26-6-5-25-14/h1-4,7-9H,5-6H2,(H2,21,22,23,24). The lowest BCUT2D eigenvalue weighted by Gasteiger charge is -2.19. The minimum atomic E-state index is -0.495. The van der Waals surface area contributed by atoms with Crippen molar-refractivity contribution in [3.05, 3.63) is 53.4 Å². The topological polar surface area (TPSA) is 81.2 Å². The SMILES string of the molecule is Fc1ccc(Nc2nncc(Nc3ccc4c(c3)OCCO4)n2)cc1Cl. The Kier molecular flexibility index (Phi) is 4.40. The van der Waals surface area contributed by atoms with Gasteiger partial charge in [-0.05, 0) is 30.3 Å². The Morgan fingerprint density at radius 2 is 1.73 bits per heavy atom. The van der Waals surface area contributed by atoms with Crippen molar-refractivity contribution in [2.75, 3.05) is 23.8 Å². The van der Waals surface area contributed by atoms with Crippen molar-refractivity contribution >= 4 is 34.7 Å². The predicted octanol–water partition coefficient (Wildman–Crippen LogP) is 3.92. The minimum absolute atomic E-state index is 0.00789. The van der Waals surface area contributed by atoms with Crippen LogP contribution in [0.5, 0.6) is 11.5 Å². The number of halogens is 2. The molecular formula is C17H13ClFN5O2. The van der Waals surface area contributed by atoms with Crippen LogP contribution in [0.25, 0.3) is 0 Å². The molecule has 0 fully saturated rings. The Bertz CT molecular complexity index is 956. The van der Waals surface area contributed by atoms with E-state index in [9.17, 15) is 4.39 Å². The van der Waals surface area contributed by atoms with Gasteiger partial charge in [0.25, 0.3) is 0 Å². The molecule has 2 heterocycles. The molecule has 9 heteroatoms. The van der Waals surface area contributed by atoms with Crippen LogP contribution in [0.3, 0.4) is 0 Å². The highest BCUT2D eigenvalue weighted by atomic mass is 35.5. The van der Waals surface area contributed by atoms with Crippen LogP contribution in [0.15, 0.2) is 42.6 Å². The molecule has 3 aromatic rings. The van der Waals surface area contributed by atoms with Crippen molar-refractivity contribution in [2.24, 2.45) is 0 Å². The number of aromatic nitrogens is 3. The van der Waals surface area contributed by atoms with Gasteiger partial charge in [-0.2, -0.15) is 10.1 Å². The fraction of sp³-hybridized carbons (Fsp3) is 0.118. The molecule has 26 heavy (non-hydrogen) atoms. The van der Waals surface area contributed by atoms with Crippen LogP contribution in [-0.4, -0.2) is 28.4 Å². The summed E-state index contributed by atoms with van der Waals surface area (Å²) in [7, 11) is 0. The maximum absolute atomic E-state index is 13.2. The van der Waals surface area contributed by atoms with Crippen molar-refractivity contribution in [3.63, 3.8) is 0 Å². The second-order valence-electron chi connectivity index (χ2n) is 5.40. The van der Waals surface area contributed by atoms with Crippen molar-refractivity contribution < 1.29 is 13.9 Å². The number of fused-ring (bicyclic) bond motifs is 1. The van der Waals surface area contributed by atoms with Gasteiger partial charge >= 0.3 is 0 Å². The summed E-state index contributed by atoms with van der Waals surface area (Å²) in [5.74, 6) is 1.61. The molecule has 2 aromatic carbocycles. The zero-order valence-corrected chi connectivity index (χ0v) is 14.1. The van der Waals surface area contributed by atoms with Crippen molar-refractivity contribution in [2.45, 2.75) is 0 Å². The zero-order valence-electron chi connectivity index (χ0n) is 13.4. The van der Waals surface area contributed by atoms with Crippen molar-refractivity contribution in [3.8, 4) is 11.5 Å². The third-order valence-corrected chi connectivity index (χ3v) is 3.84. The molecule has 0 radical (unpaired) electrons. The molecule has 2 N–H and O–H groups in total. The van der Waals surface area contributed by atoms with Crippen LogP contribution in [-0.2, 0) is 0 Å². The monoisotopic (exact) mass is 373 g/mol. The van der Waals surface area contributed by atoms with Gasteiger partial charge in [0.15, 0.2) is 17.3 Å². The van der Waals surface area contributed by atoms with Crippen LogP contribution in [0.1, 0.15) is 0 Å². The highest BCUT2D eigenvalue weighted by Gasteiger charge is 2.12. The Morgan fingerprint density at radius 1 is 0.962 bits per heavy atom. The number of hydrogen-bond acceptors (Lipinski definition) is 7. The fourth-order valence-corrected chi connectivity index (χ4v) is 2.57. The Hall–Kier alpha value is -3.13. The first-order chi connectivity index (χ1) is 12.7. The first-order valence-corrected chi connectivity index (χ1v) is 8.14. The van der Waals surface area contributed by atoms with E-state index in [0.29, 0.717) is 36.2 Å². The lowest BCUT2D eigenvalue weighted by molar-refractivity contribution is 0.171. The van der Waals surface area contributed by atoms with E-state index >= 15 is 0 Å². The number of ether oxygens (including phenoxy) is 2. The predicted molar refractivity (Wildman–Crippen MR) is 95.2 cm³/mol. The van der Waals surface area contributed by atoms with Gasteiger partial charge < -0.3 is 20.1 Å². The summed E-state index contributed by atoms with van der Waals surface area (Å²) < 4.78 is 24.3. The van der Waals surface area contributed by atoms with E-state index in [1.807, 2.05) is 18.2 Å². The average molecular weight is 374 g/mol. The van der Waals surface area contributed by atoms with Crippen LogP contribution < -0.4 is 20.1 Å². The summed E-state index contributed by atoms with van der Waals surface area (Å²) in [5, 5.41) is 13.9. The molecule has 0 aliphatic carbocycles. The molecule has 0 bridgehead atoms. The third kappa shape index (κ3) is 3.60. The number of nitrogens with one attached hydrogen (secondary N) is 2. The summed E-state index contributed by atoms with van der Waals surface area (Å²) >= 11 is 5.77. The molecular weight excluding hydrogens is 361 g/mol. The van der Waals surface area contributed by atoms with Gasteiger partial charge in [0.2, 0.25) is 5.95 Å². The van der Waals surface area contributed by atoms with Gasteiger partial charge in [-0.1, -0.05) is 11.6 Å². The first kappa shape index (κ1) is 16.3. The second-order valence-corrected chi connectivity index (χ2v) is 5.81. The smallest absolute Gasteiger partial charge is 0.249 e. The molecule has 7 nitrogen and oxygen atoms in total. The molecule has 0 saturated carbocycles. The molecule has 1 aliphatic rings. The molecule has 1 aromatic heterocycles. The molecule has 0 spiro atoms. The van der Waals surface area contributed by atoms with Gasteiger partial charge in [0.05, 0.1) is 11.2 Å². The van der Waals surface area contributed by atoms with E-state index < -0.39 is 5.82 Å². The number of nitrogens with zero attached hydrogens (tertiary/aromatic N) is 3. The number of benzene rings is 2. The van der Waals surface area contributed by atoms with E-state index in [4.69, 9.17) is 21.1 Å². The number of rotatable bonds is 4. The molecule has 0 amide bonds. The lowest BCUT2D eigenvalue weighted by Crippen LogP contribution is -2.15. The first-order valence-electron chi connectivity index (χ1n) is 7.76. The number of anilines is 4. The van der Waals surface area contributed by atoms with E-state index in [1.165, 1.54) is 24.4 Å². The largest absolute Gasteiger partial charge is 0.486 e. The fourth-order valence-electron chi connectivity index (χ4n) is 2.39. The van der Waals surface area contributed by atoms with Gasteiger partial charge in [-0.15, -0.1) is 5.10 Å². The zero-order chi connectivity index (χ0) is 17.9. The highest BCUT2D eigenvalue weighted by Crippen LogP contribution is 2.33. The molecule has 0 atom stereocenters. The lowest BCUT2D eigenvalue weighted by atomic mass is 10.2. The van der Waals surface area contributed by atoms with Crippen LogP contribution in [0.4, 0.5) is 27.5 Å². The van der Waals surface area contributed by atoms with E-state index in [0.717, 1.165) is 5.69 Å². The van der Waals surface area contributed by atoms with Crippen molar-refractivity contribution in [1.82, 2.24) is 15.2 Å². The summed E-state index contributed by atoms with van der Waals surface area (Å²) in [6, 6.07) is 9.74. The van der Waals surface area contributed by atoms with Crippen LogP contribution >= 0.6 is 11.6 Å². The second kappa shape index (κ2) is 7.01. The normalized spacial score (nSPS) is 12.5. The third-order valence-electron chi connectivity index (χ3n) is 3.55. The van der Waals surface area contributed by atoms with E-state index in [-0.39, 0.29) is 11.0 Å². The minimum Gasteiger partial charge on any atom is -0.486 e. The molecule has 0 unspecified atom stereocenters. The van der Waals surface area contributed by atoms with E-state index in [1.54, 1.807) is 0 Å². The number of hydrogen-bond donors (Lipinski definition) is 2. The molecule has 0 saturated heterocycles. The highest BCUT2D eigenvalue weighted by molar-refractivity contribution is 6.31. The van der Waals surface area contributed by atoms with Gasteiger partial charge in [-0.3, -0.25) is 0 Å². The van der Waals surface area contributed by atoms with Gasteiger partial charge in [-0.25, -0.2) is 4.39 Å². The average Bonchev–Trinajstić information content (AvgIpc) is 2.65. The quantitative estimate of drug-likeness (QED) is 0.717. The molecule has 4 rings (SSSR count). The summed E-state index contributed by atoms with van der Waals surface area (Å²) in [6.07, 6.45) is 1.49. The summed E-state index contributed by atoms with van der Waals surface area (Å²) in [5.41, 5.74) is 1.32. The van der Waals surface area contributed by atoms with Crippen molar-refractivity contribution in [1.29, 1.82) is 0 Å². The van der Waals surface area contributed by atoms with E-state index in [2.05, 4.69) is 25.8 Å². The van der Waals surface area contributed by atoms with Crippen LogP contribution in [0, 0.1) is 5.82 Å². The molecule has 132 valence electrons.